The third kappa shape index (κ3) is 4.27. The van der Waals surface area contributed by atoms with Gasteiger partial charge < -0.3 is 19.9 Å². The van der Waals surface area contributed by atoms with E-state index in [1.807, 2.05) is 19.0 Å². The first kappa shape index (κ1) is 14.9. The number of nitrogens with zero attached hydrogens (tertiary/aromatic N) is 2. The van der Waals surface area contributed by atoms with E-state index < -0.39 is 6.04 Å². The Morgan fingerprint density at radius 2 is 2.17 bits per heavy atom. The molecule has 0 saturated carbocycles. The molecule has 104 valence electrons. The summed E-state index contributed by atoms with van der Waals surface area (Å²) in [7, 11) is 3.85. The summed E-state index contributed by atoms with van der Waals surface area (Å²) in [5.41, 5.74) is 0. The van der Waals surface area contributed by atoms with Crippen LogP contribution in [0, 0.1) is 0 Å². The Labute approximate surface area is 108 Å². The van der Waals surface area contributed by atoms with Gasteiger partial charge in [0.15, 0.2) is 0 Å². The van der Waals surface area contributed by atoms with Crippen molar-refractivity contribution in [1.82, 2.24) is 15.1 Å². The fourth-order valence-corrected chi connectivity index (χ4v) is 1.91. The van der Waals surface area contributed by atoms with Crippen LogP contribution in [0.25, 0.3) is 0 Å². The van der Waals surface area contributed by atoms with Crippen molar-refractivity contribution in [3.05, 3.63) is 0 Å². The van der Waals surface area contributed by atoms with E-state index in [1.54, 1.807) is 11.8 Å². The molecule has 0 aromatic heterocycles. The highest BCUT2D eigenvalue weighted by Gasteiger charge is 2.32. The predicted octanol–water partition coefficient (Wildman–Crippen LogP) is -0.698. The molecular formula is C12H23N3O3. The lowest BCUT2D eigenvalue weighted by atomic mass is 10.1. The minimum atomic E-state index is -0.478. The standard InChI is InChI=1S/C12H23N3O3/c1-4-18-12(17)10-9-13-6-8-15(10)11(16)5-7-14(2)3/h10,13H,4-9H2,1-3H3. The second kappa shape index (κ2) is 7.33. The van der Waals surface area contributed by atoms with E-state index >= 15 is 0 Å². The lowest BCUT2D eigenvalue weighted by molar-refractivity contribution is -0.155. The average Bonchev–Trinajstić information content (AvgIpc) is 2.36. The third-order valence-corrected chi connectivity index (χ3v) is 2.90. The highest BCUT2D eigenvalue weighted by molar-refractivity contribution is 5.85. The van der Waals surface area contributed by atoms with Crippen LogP contribution in [0.2, 0.25) is 0 Å². The number of ether oxygens (including phenoxy) is 1. The zero-order valence-electron chi connectivity index (χ0n) is 11.4. The first-order chi connectivity index (χ1) is 8.56. The van der Waals surface area contributed by atoms with Crippen molar-refractivity contribution in [3.8, 4) is 0 Å². The van der Waals surface area contributed by atoms with Gasteiger partial charge >= 0.3 is 5.97 Å². The van der Waals surface area contributed by atoms with Crippen LogP contribution in [0.15, 0.2) is 0 Å². The molecule has 1 N–H and O–H groups in total. The number of nitrogens with one attached hydrogen (secondary N) is 1. The molecular weight excluding hydrogens is 234 g/mol. The maximum absolute atomic E-state index is 12.1. The normalized spacial score (nSPS) is 20.0. The number of piperazine rings is 1. The summed E-state index contributed by atoms with van der Waals surface area (Å²) in [5.74, 6) is -0.300. The molecule has 6 nitrogen and oxygen atoms in total. The minimum absolute atomic E-state index is 0.0169. The molecule has 6 heteroatoms. The topological polar surface area (TPSA) is 61.9 Å². The van der Waals surface area contributed by atoms with Crippen LogP contribution >= 0.6 is 0 Å². The highest BCUT2D eigenvalue weighted by atomic mass is 16.5. The second-order valence-electron chi connectivity index (χ2n) is 4.61. The lowest BCUT2D eigenvalue weighted by Gasteiger charge is -2.34. The average molecular weight is 257 g/mol. The molecule has 1 aliphatic heterocycles. The quantitative estimate of drug-likeness (QED) is 0.660. The summed E-state index contributed by atoms with van der Waals surface area (Å²) in [5, 5.41) is 3.12. The fourth-order valence-electron chi connectivity index (χ4n) is 1.91. The molecule has 0 aromatic rings. The van der Waals surface area contributed by atoms with Gasteiger partial charge in [-0.15, -0.1) is 0 Å². The number of hydrogen-bond acceptors (Lipinski definition) is 5. The molecule has 1 aliphatic rings. The Bertz CT molecular complexity index is 294. The first-order valence-electron chi connectivity index (χ1n) is 6.37. The number of hydrogen-bond donors (Lipinski definition) is 1. The number of carbonyl (C=O) groups excluding carboxylic acids is 2. The van der Waals surface area contributed by atoms with Crippen LogP contribution in [-0.4, -0.2) is 74.6 Å². The fraction of sp³-hybridized carbons (Fsp3) is 0.833. The van der Waals surface area contributed by atoms with Crippen molar-refractivity contribution in [3.63, 3.8) is 0 Å². The van der Waals surface area contributed by atoms with Crippen molar-refractivity contribution in [1.29, 1.82) is 0 Å². The number of esters is 1. The molecule has 1 unspecified atom stereocenters. The van der Waals surface area contributed by atoms with E-state index in [9.17, 15) is 9.59 Å². The van der Waals surface area contributed by atoms with Crippen LogP contribution in [0.5, 0.6) is 0 Å². The molecule has 0 radical (unpaired) electrons. The number of rotatable bonds is 5. The van der Waals surface area contributed by atoms with Gasteiger partial charge in [0.05, 0.1) is 6.61 Å². The van der Waals surface area contributed by atoms with Gasteiger partial charge in [-0.1, -0.05) is 0 Å². The van der Waals surface area contributed by atoms with E-state index in [0.717, 1.165) is 6.54 Å². The molecule has 0 bridgehead atoms. The van der Waals surface area contributed by atoms with Crippen molar-refractivity contribution >= 4 is 11.9 Å². The Morgan fingerprint density at radius 3 is 2.78 bits per heavy atom. The highest BCUT2D eigenvalue weighted by Crippen LogP contribution is 2.08. The Hall–Kier alpha value is -1.14. The molecule has 1 rings (SSSR count). The largest absolute Gasteiger partial charge is 0.464 e. The molecule has 1 heterocycles. The number of amides is 1. The Balaban J connectivity index is 2.58. The Morgan fingerprint density at radius 1 is 1.44 bits per heavy atom. The monoisotopic (exact) mass is 257 g/mol. The van der Waals surface area contributed by atoms with Gasteiger partial charge in [0.1, 0.15) is 6.04 Å². The molecule has 18 heavy (non-hydrogen) atoms. The SMILES string of the molecule is CCOC(=O)C1CNCCN1C(=O)CCN(C)C. The van der Waals surface area contributed by atoms with E-state index in [4.69, 9.17) is 4.74 Å². The molecule has 1 fully saturated rings. The van der Waals surface area contributed by atoms with E-state index in [0.29, 0.717) is 32.7 Å². The van der Waals surface area contributed by atoms with Crippen molar-refractivity contribution < 1.29 is 14.3 Å². The Kier molecular flexibility index (Phi) is 6.07. The van der Waals surface area contributed by atoms with Crippen LogP contribution in [0.1, 0.15) is 13.3 Å². The number of carbonyl (C=O) groups is 2. The smallest absolute Gasteiger partial charge is 0.330 e. The maximum atomic E-state index is 12.1. The van der Waals surface area contributed by atoms with Gasteiger partial charge in [0.25, 0.3) is 0 Å². The van der Waals surface area contributed by atoms with Gasteiger partial charge in [0, 0.05) is 32.6 Å². The summed E-state index contributed by atoms with van der Waals surface area (Å²) in [6.45, 7) is 4.58. The van der Waals surface area contributed by atoms with E-state index in [-0.39, 0.29) is 11.9 Å². The summed E-state index contributed by atoms with van der Waals surface area (Å²) < 4.78 is 5.00. The molecule has 0 aliphatic carbocycles. The van der Waals surface area contributed by atoms with Crippen molar-refractivity contribution in [2.45, 2.75) is 19.4 Å². The van der Waals surface area contributed by atoms with Crippen LogP contribution < -0.4 is 5.32 Å². The third-order valence-electron chi connectivity index (χ3n) is 2.90. The summed E-state index contributed by atoms with van der Waals surface area (Å²) >= 11 is 0. The van der Waals surface area contributed by atoms with E-state index in [2.05, 4.69) is 5.32 Å². The van der Waals surface area contributed by atoms with Crippen molar-refractivity contribution in [2.75, 3.05) is 46.9 Å². The molecule has 1 saturated heterocycles. The van der Waals surface area contributed by atoms with Gasteiger partial charge in [0.2, 0.25) is 5.91 Å². The summed E-state index contributed by atoms with van der Waals surface area (Å²) in [6, 6.07) is -0.478. The van der Waals surface area contributed by atoms with Gasteiger partial charge in [-0.3, -0.25) is 4.79 Å². The van der Waals surface area contributed by atoms with E-state index in [1.165, 1.54) is 0 Å². The van der Waals surface area contributed by atoms with Gasteiger partial charge in [-0.2, -0.15) is 0 Å². The molecule has 0 spiro atoms. The minimum Gasteiger partial charge on any atom is -0.464 e. The molecule has 1 amide bonds. The summed E-state index contributed by atoms with van der Waals surface area (Å²) in [4.78, 5) is 27.5. The summed E-state index contributed by atoms with van der Waals surface area (Å²) in [6.07, 6.45) is 0.433. The molecule has 1 atom stereocenters. The zero-order chi connectivity index (χ0) is 13.5. The van der Waals surface area contributed by atoms with Crippen LogP contribution in [0.4, 0.5) is 0 Å². The lowest BCUT2D eigenvalue weighted by Crippen LogP contribution is -2.57. The van der Waals surface area contributed by atoms with Gasteiger partial charge in [-0.05, 0) is 21.0 Å². The second-order valence-corrected chi connectivity index (χ2v) is 4.61. The van der Waals surface area contributed by atoms with Crippen LogP contribution in [0.3, 0.4) is 0 Å². The predicted molar refractivity (Wildman–Crippen MR) is 68.2 cm³/mol. The molecule has 0 aromatic carbocycles. The van der Waals surface area contributed by atoms with Crippen LogP contribution in [-0.2, 0) is 14.3 Å². The maximum Gasteiger partial charge on any atom is 0.330 e. The van der Waals surface area contributed by atoms with Crippen molar-refractivity contribution in [2.24, 2.45) is 0 Å². The first-order valence-corrected chi connectivity index (χ1v) is 6.37. The van der Waals surface area contributed by atoms with Gasteiger partial charge in [-0.25, -0.2) is 4.79 Å². The zero-order valence-corrected chi connectivity index (χ0v) is 11.4.